The van der Waals surface area contributed by atoms with Crippen LogP contribution in [0.2, 0.25) is 10.0 Å². The van der Waals surface area contributed by atoms with Crippen molar-refractivity contribution in [3.8, 4) is 0 Å². The molecule has 17 heavy (non-hydrogen) atoms. The van der Waals surface area contributed by atoms with Gasteiger partial charge in [-0.2, -0.15) is 0 Å². The number of anilines is 3. The quantitative estimate of drug-likeness (QED) is 0.791. The maximum absolute atomic E-state index is 13.5. The van der Waals surface area contributed by atoms with E-state index in [1.54, 1.807) is 30.3 Å². The summed E-state index contributed by atoms with van der Waals surface area (Å²) in [4.78, 5) is 0. The van der Waals surface area contributed by atoms with Gasteiger partial charge < -0.3 is 11.1 Å². The van der Waals surface area contributed by atoms with Gasteiger partial charge in [0.25, 0.3) is 0 Å². The van der Waals surface area contributed by atoms with Crippen molar-refractivity contribution in [1.82, 2.24) is 0 Å². The van der Waals surface area contributed by atoms with E-state index in [1.807, 2.05) is 0 Å². The molecular formula is C12H9Cl2FN2. The second kappa shape index (κ2) is 4.82. The molecule has 0 amide bonds. The molecular weight excluding hydrogens is 262 g/mol. The van der Waals surface area contributed by atoms with Crippen LogP contribution in [0.3, 0.4) is 0 Å². The molecule has 0 unspecified atom stereocenters. The SMILES string of the molecule is Nc1ccc(Nc2cccc(Cl)c2Cl)c(F)c1. The number of rotatable bonds is 2. The molecule has 0 aliphatic carbocycles. The predicted octanol–water partition coefficient (Wildman–Crippen LogP) is 4.46. The topological polar surface area (TPSA) is 38.0 Å². The number of benzene rings is 2. The van der Waals surface area contributed by atoms with E-state index >= 15 is 0 Å². The van der Waals surface area contributed by atoms with Crippen LogP contribution in [-0.2, 0) is 0 Å². The van der Waals surface area contributed by atoms with Gasteiger partial charge in [0.1, 0.15) is 5.82 Å². The standard InChI is InChI=1S/C12H9Cl2FN2/c13-8-2-1-3-11(12(8)14)17-10-5-4-7(16)6-9(10)15/h1-6,17H,16H2. The van der Waals surface area contributed by atoms with Gasteiger partial charge in [-0.05, 0) is 30.3 Å². The number of nitrogens with two attached hydrogens (primary N) is 1. The van der Waals surface area contributed by atoms with Crippen molar-refractivity contribution in [3.05, 3.63) is 52.3 Å². The summed E-state index contributed by atoms with van der Waals surface area (Å²) >= 11 is 11.8. The Labute approximate surface area is 108 Å². The third-order valence-corrected chi connectivity index (χ3v) is 3.03. The van der Waals surface area contributed by atoms with Crippen LogP contribution in [-0.4, -0.2) is 0 Å². The third-order valence-electron chi connectivity index (χ3n) is 2.21. The monoisotopic (exact) mass is 270 g/mol. The molecule has 88 valence electrons. The summed E-state index contributed by atoms with van der Waals surface area (Å²) in [6.45, 7) is 0. The Morgan fingerprint density at radius 2 is 1.82 bits per heavy atom. The van der Waals surface area contributed by atoms with Crippen LogP contribution in [0.15, 0.2) is 36.4 Å². The summed E-state index contributed by atoms with van der Waals surface area (Å²) in [6.07, 6.45) is 0. The largest absolute Gasteiger partial charge is 0.399 e. The summed E-state index contributed by atoms with van der Waals surface area (Å²) in [7, 11) is 0. The molecule has 0 aliphatic heterocycles. The van der Waals surface area contributed by atoms with Crippen molar-refractivity contribution in [3.63, 3.8) is 0 Å². The highest BCUT2D eigenvalue weighted by Gasteiger charge is 2.07. The van der Waals surface area contributed by atoms with E-state index in [0.29, 0.717) is 27.1 Å². The maximum Gasteiger partial charge on any atom is 0.148 e. The first kappa shape index (κ1) is 12.0. The lowest BCUT2D eigenvalue weighted by atomic mass is 10.2. The van der Waals surface area contributed by atoms with Crippen LogP contribution >= 0.6 is 23.2 Å². The molecule has 0 spiro atoms. The summed E-state index contributed by atoms with van der Waals surface area (Å²) < 4.78 is 13.5. The van der Waals surface area contributed by atoms with Gasteiger partial charge >= 0.3 is 0 Å². The van der Waals surface area contributed by atoms with E-state index in [1.165, 1.54) is 6.07 Å². The smallest absolute Gasteiger partial charge is 0.148 e. The molecule has 0 saturated carbocycles. The second-order valence-electron chi connectivity index (χ2n) is 3.47. The van der Waals surface area contributed by atoms with Gasteiger partial charge in [-0.15, -0.1) is 0 Å². The number of nitrogen functional groups attached to an aromatic ring is 1. The van der Waals surface area contributed by atoms with Crippen molar-refractivity contribution >= 4 is 40.3 Å². The lowest BCUT2D eigenvalue weighted by Gasteiger charge is -2.10. The van der Waals surface area contributed by atoms with Crippen LogP contribution in [0, 0.1) is 5.82 Å². The first-order chi connectivity index (χ1) is 8.08. The molecule has 2 aromatic rings. The summed E-state index contributed by atoms with van der Waals surface area (Å²) in [5.74, 6) is -0.443. The third kappa shape index (κ3) is 2.62. The Balaban J connectivity index is 2.35. The van der Waals surface area contributed by atoms with E-state index in [-0.39, 0.29) is 0 Å². The van der Waals surface area contributed by atoms with Crippen LogP contribution < -0.4 is 11.1 Å². The minimum absolute atomic E-state index is 0.295. The fraction of sp³-hybridized carbons (Fsp3) is 0. The van der Waals surface area contributed by atoms with Crippen molar-refractivity contribution in [2.45, 2.75) is 0 Å². The molecule has 5 heteroatoms. The van der Waals surface area contributed by atoms with Crippen LogP contribution in [0.1, 0.15) is 0 Å². The van der Waals surface area contributed by atoms with E-state index in [0.717, 1.165) is 0 Å². The average Bonchev–Trinajstić information content (AvgIpc) is 2.28. The lowest BCUT2D eigenvalue weighted by Crippen LogP contribution is -1.96. The minimum atomic E-state index is -0.443. The normalized spacial score (nSPS) is 10.3. The Morgan fingerprint density at radius 3 is 2.53 bits per heavy atom. The average molecular weight is 271 g/mol. The molecule has 0 aromatic heterocycles. The molecule has 0 radical (unpaired) electrons. The van der Waals surface area contributed by atoms with Gasteiger partial charge in [0.2, 0.25) is 0 Å². The van der Waals surface area contributed by atoms with Gasteiger partial charge in [0.15, 0.2) is 0 Å². The van der Waals surface area contributed by atoms with Crippen LogP contribution in [0.4, 0.5) is 21.5 Å². The summed E-state index contributed by atoms with van der Waals surface area (Å²) in [5.41, 5.74) is 6.66. The van der Waals surface area contributed by atoms with Gasteiger partial charge in [0, 0.05) is 5.69 Å². The predicted molar refractivity (Wildman–Crippen MR) is 70.6 cm³/mol. The highest BCUT2D eigenvalue weighted by molar-refractivity contribution is 6.43. The van der Waals surface area contributed by atoms with E-state index in [2.05, 4.69) is 5.32 Å². The summed E-state index contributed by atoms with van der Waals surface area (Å²) in [6, 6.07) is 9.48. The van der Waals surface area contributed by atoms with E-state index < -0.39 is 5.82 Å². The molecule has 0 aliphatic rings. The molecule has 0 atom stereocenters. The molecule has 2 nitrogen and oxygen atoms in total. The van der Waals surface area contributed by atoms with E-state index in [4.69, 9.17) is 28.9 Å². The van der Waals surface area contributed by atoms with Crippen molar-refractivity contribution in [1.29, 1.82) is 0 Å². The fourth-order valence-corrected chi connectivity index (χ4v) is 1.73. The fourth-order valence-electron chi connectivity index (χ4n) is 1.38. The first-order valence-electron chi connectivity index (χ1n) is 4.84. The van der Waals surface area contributed by atoms with Crippen LogP contribution in [0.5, 0.6) is 0 Å². The molecule has 0 bridgehead atoms. The number of nitrogens with one attached hydrogen (secondary N) is 1. The highest BCUT2D eigenvalue weighted by Crippen LogP contribution is 2.32. The van der Waals surface area contributed by atoms with Gasteiger partial charge in [-0.1, -0.05) is 29.3 Å². The van der Waals surface area contributed by atoms with Gasteiger partial charge in [-0.25, -0.2) is 4.39 Å². The van der Waals surface area contributed by atoms with Crippen molar-refractivity contribution in [2.75, 3.05) is 11.1 Å². The Morgan fingerprint density at radius 1 is 1.06 bits per heavy atom. The Hall–Kier alpha value is -1.45. The van der Waals surface area contributed by atoms with Gasteiger partial charge in [0.05, 0.1) is 21.4 Å². The molecule has 0 saturated heterocycles. The van der Waals surface area contributed by atoms with Crippen molar-refractivity contribution in [2.24, 2.45) is 0 Å². The lowest BCUT2D eigenvalue weighted by molar-refractivity contribution is 0.632. The summed E-state index contributed by atoms with van der Waals surface area (Å²) in [5, 5.41) is 3.62. The van der Waals surface area contributed by atoms with E-state index in [9.17, 15) is 4.39 Å². The zero-order valence-electron chi connectivity index (χ0n) is 8.68. The molecule has 2 aromatic carbocycles. The van der Waals surface area contributed by atoms with Gasteiger partial charge in [-0.3, -0.25) is 0 Å². The molecule has 2 rings (SSSR count). The first-order valence-corrected chi connectivity index (χ1v) is 5.59. The van der Waals surface area contributed by atoms with Crippen LogP contribution in [0.25, 0.3) is 0 Å². The zero-order valence-corrected chi connectivity index (χ0v) is 10.2. The maximum atomic E-state index is 13.5. The number of hydrogen-bond acceptors (Lipinski definition) is 2. The minimum Gasteiger partial charge on any atom is -0.399 e. The van der Waals surface area contributed by atoms with Crippen molar-refractivity contribution < 1.29 is 4.39 Å². The second-order valence-corrected chi connectivity index (χ2v) is 4.25. The number of halogens is 3. The Kier molecular flexibility index (Phi) is 3.41. The molecule has 0 fully saturated rings. The Bertz CT molecular complexity index is 558. The molecule has 0 heterocycles. The highest BCUT2D eigenvalue weighted by atomic mass is 35.5. The zero-order chi connectivity index (χ0) is 12.4. The number of hydrogen-bond donors (Lipinski definition) is 2. The molecule has 3 N–H and O–H groups in total.